The van der Waals surface area contributed by atoms with E-state index in [-0.39, 0.29) is 12.2 Å². The van der Waals surface area contributed by atoms with E-state index in [1.54, 1.807) is 30.0 Å². The van der Waals surface area contributed by atoms with Gasteiger partial charge in [-0.1, -0.05) is 13.8 Å². The van der Waals surface area contributed by atoms with E-state index in [2.05, 4.69) is 15.2 Å². The van der Waals surface area contributed by atoms with Crippen LogP contribution in [0.1, 0.15) is 37.7 Å². The third-order valence-electron chi connectivity index (χ3n) is 5.28. The van der Waals surface area contributed by atoms with Crippen molar-refractivity contribution in [2.45, 2.75) is 31.9 Å². The van der Waals surface area contributed by atoms with Gasteiger partial charge in [-0.25, -0.2) is 13.8 Å². The number of fused-ring (bicyclic) bond motifs is 2. The van der Waals surface area contributed by atoms with Crippen molar-refractivity contribution < 1.29 is 23.4 Å². The molecule has 0 saturated heterocycles. The second-order valence-corrected chi connectivity index (χ2v) is 8.12. The highest BCUT2D eigenvalue weighted by molar-refractivity contribution is 5.94. The number of pyridine rings is 1. The third-order valence-corrected chi connectivity index (χ3v) is 5.28. The summed E-state index contributed by atoms with van der Waals surface area (Å²) in [7, 11) is 1.55. The Balaban J connectivity index is 2.15. The molecule has 0 aliphatic heterocycles. The number of aromatic amines is 1. The molecule has 1 atom stereocenters. The van der Waals surface area contributed by atoms with Crippen LogP contribution in [0, 0.1) is 5.82 Å². The summed E-state index contributed by atoms with van der Waals surface area (Å²) in [5, 5.41) is 16.7. The summed E-state index contributed by atoms with van der Waals surface area (Å²) in [4.78, 5) is 15.9. The molecule has 0 amide bonds. The molecule has 3 aromatic heterocycles. The molecule has 31 heavy (non-hydrogen) atoms. The van der Waals surface area contributed by atoms with Crippen molar-refractivity contribution in [3.8, 4) is 5.69 Å². The Morgan fingerprint density at radius 2 is 2.03 bits per heavy atom. The van der Waals surface area contributed by atoms with Gasteiger partial charge in [0.05, 0.1) is 30.3 Å². The van der Waals surface area contributed by atoms with Gasteiger partial charge in [0.2, 0.25) is 0 Å². The highest BCUT2D eigenvalue weighted by Gasteiger charge is 2.36. The first kappa shape index (κ1) is 20.9. The molecule has 0 unspecified atom stereocenters. The summed E-state index contributed by atoms with van der Waals surface area (Å²) in [5.41, 5.74) is 1.95. The number of carboxylic acid groups (broad SMARTS) is 1. The number of aromatic nitrogens is 4. The van der Waals surface area contributed by atoms with E-state index in [1.165, 1.54) is 12.1 Å². The summed E-state index contributed by atoms with van der Waals surface area (Å²) < 4.78 is 36.3. The number of ether oxygens (including phenoxy) is 1. The van der Waals surface area contributed by atoms with Gasteiger partial charge in [0.1, 0.15) is 12.0 Å². The van der Waals surface area contributed by atoms with E-state index in [1.807, 2.05) is 19.9 Å². The highest BCUT2D eigenvalue weighted by atomic mass is 19.1. The number of H-pyrrole nitrogens is 1. The average Bonchev–Trinajstić information content (AvgIpc) is 3.28. The number of carbonyl (C=O) groups is 1. The maximum Gasteiger partial charge on any atom is 0.306 e. The van der Waals surface area contributed by atoms with E-state index in [0.717, 1.165) is 0 Å². The average molecular weight is 428 g/mol. The number of hydrogen-bond donors (Lipinski definition) is 2. The fraction of sp³-hybridized carbons (Fsp3) is 0.318. The molecule has 7 nitrogen and oxygen atoms in total. The lowest BCUT2D eigenvalue weighted by atomic mass is 9.85. The zero-order chi connectivity index (χ0) is 22.3. The van der Waals surface area contributed by atoms with Crippen LogP contribution in [0.3, 0.4) is 0 Å². The number of carboxylic acids is 1. The van der Waals surface area contributed by atoms with Crippen molar-refractivity contribution in [3.05, 3.63) is 53.6 Å². The zero-order valence-electron chi connectivity index (χ0n) is 17.3. The van der Waals surface area contributed by atoms with Gasteiger partial charge < -0.3 is 14.4 Å². The van der Waals surface area contributed by atoms with Gasteiger partial charge in [-0.15, -0.1) is 0 Å². The van der Waals surface area contributed by atoms with Gasteiger partial charge in [0, 0.05) is 34.9 Å². The minimum absolute atomic E-state index is 0.181. The van der Waals surface area contributed by atoms with Crippen molar-refractivity contribution in [2.24, 2.45) is 0 Å². The molecule has 3 heterocycles. The Labute approximate surface area is 176 Å². The Kier molecular flexibility index (Phi) is 5.22. The Morgan fingerprint density at radius 1 is 1.32 bits per heavy atom. The first-order valence-corrected chi connectivity index (χ1v) is 9.72. The Morgan fingerprint density at radius 3 is 2.68 bits per heavy atom. The van der Waals surface area contributed by atoms with Gasteiger partial charge >= 0.3 is 5.97 Å². The topological polar surface area (TPSA) is 93.0 Å². The lowest BCUT2D eigenvalue weighted by molar-refractivity contribution is -0.138. The minimum Gasteiger partial charge on any atom is -0.481 e. The highest BCUT2D eigenvalue weighted by Crippen LogP contribution is 2.42. The maximum atomic E-state index is 15.5. The molecule has 0 bridgehead atoms. The number of rotatable bonds is 7. The second kappa shape index (κ2) is 7.73. The van der Waals surface area contributed by atoms with E-state index in [9.17, 15) is 14.3 Å². The fourth-order valence-electron chi connectivity index (χ4n) is 4.10. The third kappa shape index (κ3) is 3.65. The first-order chi connectivity index (χ1) is 14.7. The SMILES string of the molecule is COCC(C)(C)c1c([C@H](F)CC(=O)O)c2nc3[nH]ncc3cc2n1-c1ccc(F)cc1. The molecule has 0 spiro atoms. The molecule has 0 radical (unpaired) electrons. The molecular formula is C22H22F2N4O3. The number of hydrogen-bond acceptors (Lipinski definition) is 4. The number of nitrogens with one attached hydrogen (secondary N) is 1. The van der Waals surface area contributed by atoms with Gasteiger partial charge in [-0.05, 0) is 30.3 Å². The predicted octanol–water partition coefficient (Wildman–Crippen LogP) is 4.45. The number of methoxy groups -OCH3 is 1. The van der Waals surface area contributed by atoms with Gasteiger partial charge in [-0.3, -0.25) is 9.89 Å². The summed E-state index contributed by atoms with van der Waals surface area (Å²) in [6.45, 7) is 4.01. The lowest BCUT2D eigenvalue weighted by Crippen LogP contribution is -2.28. The fourth-order valence-corrected chi connectivity index (χ4v) is 4.10. The molecule has 0 aliphatic carbocycles. The molecule has 2 N–H and O–H groups in total. The summed E-state index contributed by atoms with van der Waals surface area (Å²) in [6.07, 6.45) is -0.907. The van der Waals surface area contributed by atoms with Gasteiger partial charge in [-0.2, -0.15) is 5.10 Å². The molecule has 162 valence electrons. The maximum absolute atomic E-state index is 15.5. The van der Waals surface area contributed by atoms with E-state index in [0.29, 0.717) is 33.4 Å². The smallest absolute Gasteiger partial charge is 0.306 e. The summed E-state index contributed by atoms with van der Waals surface area (Å²) in [5.74, 6) is -1.66. The van der Waals surface area contributed by atoms with Crippen LogP contribution in [0.15, 0.2) is 36.5 Å². The predicted molar refractivity (Wildman–Crippen MR) is 112 cm³/mol. The van der Waals surface area contributed by atoms with Crippen LogP contribution in [0.25, 0.3) is 27.8 Å². The normalized spacial score (nSPS) is 13.2. The van der Waals surface area contributed by atoms with Crippen molar-refractivity contribution >= 4 is 28.0 Å². The van der Waals surface area contributed by atoms with E-state index in [4.69, 9.17) is 4.74 Å². The van der Waals surface area contributed by atoms with Crippen LogP contribution < -0.4 is 0 Å². The van der Waals surface area contributed by atoms with Crippen molar-refractivity contribution in [3.63, 3.8) is 0 Å². The van der Waals surface area contributed by atoms with Crippen molar-refractivity contribution in [2.75, 3.05) is 13.7 Å². The zero-order valence-corrected chi connectivity index (χ0v) is 17.3. The van der Waals surface area contributed by atoms with Crippen molar-refractivity contribution in [1.82, 2.24) is 19.7 Å². The van der Waals surface area contributed by atoms with Gasteiger partial charge in [0.15, 0.2) is 5.65 Å². The number of aliphatic carboxylic acids is 1. The van der Waals surface area contributed by atoms with Crippen LogP contribution >= 0.6 is 0 Å². The monoisotopic (exact) mass is 428 g/mol. The molecular weight excluding hydrogens is 406 g/mol. The number of benzene rings is 1. The molecule has 4 aromatic rings. The van der Waals surface area contributed by atoms with Crippen LogP contribution in [0.2, 0.25) is 0 Å². The van der Waals surface area contributed by atoms with Crippen LogP contribution in [0.5, 0.6) is 0 Å². The summed E-state index contributed by atoms with van der Waals surface area (Å²) in [6, 6.07) is 7.64. The minimum atomic E-state index is -1.80. The lowest BCUT2D eigenvalue weighted by Gasteiger charge is -2.28. The Bertz CT molecular complexity index is 1260. The van der Waals surface area contributed by atoms with E-state index < -0.39 is 29.8 Å². The van der Waals surface area contributed by atoms with Crippen LogP contribution in [-0.2, 0) is 14.9 Å². The molecule has 0 aliphatic rings. The molecule has 1 aromatic carbocycles. The molecule has 0 fully saturated rings. The number of alkyl halides is 1. The molecule has 9 heteroatoms. The van der Waals surface area contributed by atoms with Crippen molar-refractivity contribution in [1.29, 1.82) is 0 Å². The van der Waals surface area contributed by atoms with Crippen LogP contribution in [-0.4, -0.2) is 44.5 Å². The van der Waals surface area contributed by atoms with E-state index >= 15 is 4.39 Å². The second-order valence-electron chi connectivity index (χ2n) is 8.12. The Hall–Kier alpha value is -3.33. The largest absolute Gasteiger partial charge is 0.481 e. The molecule has 4 rings (SSSR count). The quantitative estimate of drug-likeness (QED) is 0.454. The molecule has 0 saturated carbocycles. The standard InChI is InChI=1S/C22H22F2N4O3/c1-22(2,11-31-3)20-18(15(24)9-17(29)30)19-16(8-12-10-25-27-21(12)26-19)28(20)14-6-4-13(23)5-7-14/h4-8,10,15H,9,11H2,1-3H3,(H,29,30)(H,25,26,27)/t15-/m1/s1. The number of halogens is 2. The van der Waals surface area contributed by atoms with Crippen LogP contribution in [0.4, 0.5) is 8.78 Å². The van der Waals surface area contributed by atoms with Gasteiger partial charge in [0.25, 0.3) is 0 Å². The number of nitrogens with zero attached hydrogens (tertiary/aromatic N) is 3. The first-order valence-electron chi connectivity index (χ1n) is 9.72. The summed E-state index contributed by atoms with van der Waals surface area (Å²) >= 11 is 0.